The van der Waals surface area contributed by atoms with Gasteiger partial charge in [0.2, 0.25) is 0 Å². The molecule has 1 aliphatic carbocycles. The summed E-state index contributed by atoms with van der Waals surface area (Å²) < 4.78 is 11.5. The predicted octanol–water partition coefficient (Wildman–Crippen LogP) is 4.18. The number of azide groups is 1. The Labute approximate surface area is 160 Å². The van der Waals surface area contributed by atoms with Crippen molar-refractivity contribution in [3.05, 3.63) is 86.3 Å². The van der Waals surface area contributed by atoms with Gasteiger partial charge >= 0.3 is 5.97 Å². The smallest absolute Gasteiger partial charge is 0.338 e. The summed E-state index contributed by atoms with van der Waals surface area (Å²) in [5.41, 5.74) is 9.83. The SMILES string of the molecule is [N-]=[N+]=N[C@H]1CC[C@H](OCc2ccccc2)[C@H]1OC(=O)c1ccc([N+](=O)[O-])cc1. The Kier molecular flexibility index (Phi) is 6.21. The van der Waals surface area contributed by atoms with Gasteiger partial charge in [-0.2, -0.15) is 0 Å². The molecular weight excluding hydrogens is 364 g/mol. The van der Waals surface area contributed by atoms with E-state index in [2.05, 4.69) is 10.0 Å². The highest BCUT2D eigenvalue weighted by Gasteiger charge is 2.39. The third-order valence-electron chi connectivity index (χ3n) is 4.56. The minimum Gasteiger partial charge on any atom is -0.456 e. The topological polar surface area (TPSA) is 127 Å². The number of benzene rings is 2. The predicted molar refractivity (Wildman–Crippen MR) is 99.5 cm³/mol. The van der Waals surface area contributed by atoms with Crippen LogP contribution in [0.2, 0.25) is 0 Å². The molecular formula is C19H18N4O5. The molecule has 0 aliphatic heterocycles. The second-order valence-corrected chi connectivity index (χ2v) is 6.36. The van der Waals surface area contributed by atoms with E-state index in [4.69, 9.17) is 15.0 Å². The van der Waals surface area contributed by atoms with Crippen molar-refractivity contribution in [2.24, 2.45) is 5.11 Å². The van der Waals surface area contributed by atoms with Crippen LogP contribution in [0.4, 0.5) is 5.69 Å². The number of nitro groups is 1. The Balaban J connectivity index is 1.69. The first-order chi connectivity index (χ1) is 13.6. The van der Waals surface area contributed by atoms with Crippen LogP contribution in [0.5, 0.6) is 0 Å². The van der Waals surface area contributed by atoms with E-state index in [1.807, 2.05) is 30.3 Å². The number of carbonyl (C=O) groups is 1. The average molecular weight is 382 g/mol. The average Bonchev–Trinajstić information content (AvgIpc) is 3.09. The number of hydrogen-bond donors (Lipinski definition) is 0. The second kappa shape index (κ2) is 8.98. The van der Waals surface area contributed by atoms with Gasteiger partial charge in [0.15, 0.2) is 0 Å². The first kappa shape index (κ1) is 19.3. The summed E-state index contributed by atoms with van der Waals surface area (Å²) >= 11 is 0. The molecule has 144 valence electrons. The van der Waals surface area contributed by atoms with Crippen LogP contribution in [0.1, 0.15) is 28.8 Å². The van der Waals surface area contributed by atoms with Crippen molar-refractivity contribution in [3.8, 4) is 0 Å². The minimum absolute atomic E-state index is 0.117. The number of nitrogens with zero attached hydrogens (tertiary/aromatic N) is 4. The van der Waals surface area contributed by atoms with Crippen LogP contribution < -0.4 is 0 Å². The number of rotatable bonds is 7. The molecule has 1 fully saturated rings. The lowest BCUT2D eigenvalue weighted by atomic mass is 10.2. The molecule has 1 aliphatic rings. The standard InChI is InChI=1S/C19H18N4O5/c20-22-21-16-10-11-17(27-12-13-4-2-1-3-5-13)18(16)28-19(24)14-6-8-15(9-7-14)23(25)26/h1-9,16-18H,10-12H2/t16-,17-,18-/m0/s1. The third kappa shape index (κ3) is 4.64. The number of ether oxygens (including phenoxy) is 2. The van der Waals surface area contributed by atoms with E-state index in [1.165, 1.54) is 24.3 Å². The Bertz CT molecular complexity index is 881. The number of non-ortho nitro benzene ring substituents is 1. The third-order valence-corrected chi connectivity index (χ3v) is 4.56. The molecule has 28 heavy (non-hydrogen) atoms. The molecule has 0 N–H and O–H groups in total. The summed E-state index contributed by atoms with van der Waals surface area (Å²) in [5.74, 6) is -0.645. The fraction of sp³-hybridized carbons (Fsp3) is 0.316. The fourth-order valence-electron chi connectivity index (χ4n) is 3.12. The maximum absolute atomic E-state index is 12.5. The highest BCUT2D eigenvalue weighted by molar-refractivity contribution is 5.89. The lowest BCUT2D eigenvalue weighted by Crippen LogP contribution is -2.35. The molecule has 9 heteroatoms. The van der Waals surface area contributed by atoms with Crippen LogP contribution in [-0.4, -0.2) is 29.1 Å². The number of nitro benzene ring substituents is 1. The fourth-order valence-corrected chi connectivity index (χ4v) is 3.12. The van der Waals surface area contributed by atoms with Gasteiger partial charge in [0, 0.05) is 17.0 Å². The largest absolute Gasteiger partial charge is 0.456 e. The molecule has 0 radical (unpaired) electrons. The Morgan fingerprint density at radius 1 is 1.18 bits per heavy atom. The Hall–Kier alpha value is -3.42. The molecule has 0 heterocycles. The quantitative estimate of drug-likeness (QED) is 0.177. The summed E-state index contributed by atoms with van der Waals surface area (Å²) in [6.07, 6.45) is 0.0104. The van der Waals surface area contributed by atoms with E-state index in [0.29, 0.717) is 19.4 Å². The van der Waals surface area contributed by atoms with E-state index >= 15 is 0 Å². The summed E-state index contributed by atoms with van der Waals surface area (Å²) in [5, 5.41) is 14.5. The van der Waals surface area contributed by atoms with Gasteiger partial charge < -0.3 is 9.47 Å². The van der Waals surface area contributed by atoms with Gasteiger partial charge in [-0.15, -0.1) is 0 Å². The molecule has 0 saturated heterocycles. The Morgan fingerprint density at radius 2 is 1.89 bits per heavy atom. The maximum Gasteiger partial charge on any atom is 0.338 e. The lowest BCUT2D eigenvalue weighted by Gasteiger charge is -2.23. The minimum atomic E-state index is -0.720. The zero-order valence-electron chi connectivity index (χ0n) is 14.9. The Morgan fingerprint density at radius 3 is 2.54 bits per heavy atom. The lowest BCUT2D eigenvalue weighted by molar-refractivity contribution is -0.384. The molecule has 1 saturated carbocycles. The molecule has 0 bridgehead atoms. The first-order valence-electron chi connectivity index (χ1n) is 8.73. The van der Waals surface area contributed by atoms with Crippen molar-refractivity contribution in [1.82, 2.24) is 0 Å². The summed E-state index contributed by atoms with van der Waals surface area (Å²) in [6, 6.07) is 14.2. The van der Waals surface area contributed by atoms with Gasteiger partial charge in [-0.1, -0.05) is 35.4 Å². The number of esters is 1. The van der Waals surface area contributed by atoms with Crippen molar-refractivity contribution in [2.75, 3.05) is 0 Å². The molecule has 3 atom stereocenters. The molecule has 0 spiro atoms. The second-order valence-electron chi connectivity index (χ2n) is 6.36. The van der Waals surface area contributed by atoms with Crippen LogP contribution in [-0.2, 0) is 16.1 Å². The molecule has 2 aromatic rings. The zero-order chi connectivity index (χ0) is 19.9. The van der Waals surface area contributed by atoms with E-state index in [1.54, 1.807) is 0 Å². The van der Waals surface area contributed by atoms with E-state index < -0.39 is 29.1 Å². The van der Waals surface area contributed by atoms with Crippen LogP contribution in [0, 0.1) is 10.1 Å². The van der Waals surface area contributed by atoms with Gasteiger partial charge in [0.1, 0.15) is 6.10 Å². The normalized spacial score (nSPS) is 20.9. The van der Waals surface area contributed by atoms with Gasteiger partial charge in [-0.3, -0.25) is 10.1 Å². The van der Waals surface area contributed by atoms with Crippen molar-refractivity contribution in [1.29, 1.82) is 0 Å². The van der Waals surface area contributed by atoms with Crippen LogP contribution in [0.15, 0.2) is 59.7 Å². The molecule has 0 amide bonds. The van der Waals surface area contributed by atoms with Gasteiger partial charge in [-0.25, -0.2) is 4.79 Å². The zero-order valence-corrected chi connectivity index (χ0v) is 14.9. The molecule has 9 nitrogen and oxygen atoms in total. The van der Waals surface area contributed by atoms with E-state index in [-0.39, 0.29) is 11.3 Å². The highest BCUT2D eigenvalue weighted by Crippen LogP contribution is 2.30. The van der Waals surface area contributed by atoms with Crippen molar-refractivity contribution < 1.29 is 19.2 Å². The molecule has 0 unspecified atom stereocenters. The summed E-state index contributed by atoms with van der Waals surface area (Å²) in [6.45, 7) is 0.347. The van der Waals surface area contributed by atoms with E-state index in [9.17, 15) is 14.9 Å². The van der Waals surface area contributed by atoms with Crippen molar-refractivity contribution in [2.45, 2.75) is 37.7 Å². The number of carbonyl (C=O) groups excluding carboxylic acids is 1. The maximum atomic E-state index is 12.5. The van der Waals surface area contributed by atoms with Gasteiger partial charge in [-0.05, 0) is 36.1 Å². The highest BCUT2D eigenvalue weighted by atomic mass is 16.6. The molecule has 0 aromatic heterocycles. The summed E-state index contributed by atoms with van der Waals surface area (Å²) in [4.78, 5) is 25.5. The monoisotopic (exact) mass is 382 g/mol. The van der Waals surface area contributed by atoms with Crippen molar-refractivity contribution >= 4 is 11.7 Å². The van der Waals surface area contributed by atoms with Crippen LogP contribution in [0.25, 0.3) is 10.4 Å². The first-order valence-corrected chi connectivity index (χ1v) is 8.73. The number of hydrogen-bond acceptors (Lipinski definition) is 6. The van der Waals surface area contributed by atoms with Crippen LogP contribution >= 0.6 is 0 Å². The van der Waals surface area contributed by atoms with Gasteiger partial charge in [0.05, 0.1) is 29.2 Å². The molecule has 2 aromatic carbocycles. The molecule has 3 rings (SSSR count). The van der Waals surface area contributed by atoms with Crippen LogP contribution in [0.3, 0.4) is 0 Å². The summed E-state index contributed by atoms with van der Waals surface area (Å²) in [7, 11) is 0. The van der Waals surface area contributed by atoms with Gasteiger partial charge in [0.25, 0.3) is 5.69 Å². The van der Waals surface area contributed by atoms with E-state index in [0.717, 1.165) is 5.56 Å². The van der Waals surface area contributed by atoms with Crippen molar-refractivity contribution in [3.63, 3.8) is 0 Å².